The Kier molecular flexibility index (Phi) is 2.82. The van der Waals surface area contributed by atoms with E-state index in [1.165, 1.54) is 6.07 Å². The lowest BCUT2D eigenvalue weighted by Gasteiger charge is -2.04. The lowest BCUT2D eigenvalue weighted by Crippen LogP contribution is -2.14. The third-order valence-corrected chi connectivity index (χ3v) is 3.03. The van der Waals surface area contributed by atoms with E-state index < -0.39 is 10.0 Å². The quantitative estimate of drug-likeness (QED) is 0.754. The summed E-state index contributed by atoms with van der Waals surface area (Å²) in [4.78, 5) is 3.39. The van der Waals surface area contributed by atoms with Crippen LogP contribution in [0.5, 0.6) is 0 Å². The lowest BCUT2D eigenvalue weighted by atomic mass is 10.3. The SMILES string of the molecule is Cc1cc(Cl)nc(Cl)c1S(N)(=O)=O. The van der Waals surface area contributed by atoms with Crippen molar-refractivity contribution >= 4 is 33.2 Å². The number of aromatic nitrogens is 1. The molecule has 2 N–H and O–H groups in total. The van der Waals surface area contributed by atoms with Crippen molar-refractivity contribution in [3.8, 4) is 0 Å². The molecule has 0 fully saturated rings. The highest BCUT2D eigenvalue weighted by Crippen LogP contribution is 2.24. The van der Waals surface area contributed by atoms with Gasteiger partial charge in [0.25, 0.3) is 0 Å². The zero-order valence-corrected chi connectivity index (χ0v) is 8.91. The van der Waals surface area contributed by atoms with Crippen LogP contribution in [-0.2, 0) is 10.0 Å². The molecule has 0 bridgehead atoms. The number of nitrogens with two attached hydrogens (primary N) is 1. The highest BCUT2D eigenvalue weighted by Gasteiger charge is 2.17. The van der Waals surface area contributed by atoms with Gasteiger partial charge in [0.2, 0.25) is 10.0 Å². The first-order valence-corrected chi connectivity index (χ1v) is 5.48. The Hall–Kier alpha value is -0.360. The summed E-state index contributed by atoms with van der Waals surface area (Å²) < 4.78 is 22.0. The average Bonchev–Trinajstić information content (AvgIpc) is 1.78. The highest BCUT2D eigenvalue weighted by molar-refractivity contribution is 7.89. The first-order valence-electron chi connectivity index (χ1n) is 3.18. The fourth-order valence-electron chi connectivity index (χ4n) is 0.926. The molecule has 0 amide bonds. The minimum Gasteiger partial charge on any atom is -0.225 e. The number of pyridine rings is 1. The number of rotatable bonds is 1. The van der Waals surface area contributed by atoms with Crippen molar-refractivity contribution < 1.29 is 8.42 Å². The smallest absolute Gasteiger partial charge is 0.225 e. The van der Waals surface area contributed by atoms with E-state index >= 15 is 0 Å². The van der Waals surface area contributed by atoms with Crippen LogP contribution in [0.1, 0.15) is 5.56 Å². The fourth-order valence-corrected chi connectivity index (χ4v) is 2.57. The van der Waals surface area contributed by atoms with Crippen molar-refractivity contribution in [2.75, 3.05) is 0 Å². The predicted molar refractivity (Wildman–Crippen MR) is 50.4 cm³/mol. The van der Waals surface area contributed by atoms with E-state index in [-0.39, 0.29) is 15.2 Å². The maximum atomic E-state index is 11.0. The van der Waals surface area contributed by atoms with Gasteiger partial charge in [-0.3, -0.25) is 0 Å². The molecule has 1 aromatic rings. The Morgan fingerprint density at radius 3 is 2.38 bits per heavy atom. The Labute approximate surface area is 85.7 Å². The first-order chi connectivity index (χ1) is 5.82. The molecule has 0 spiro atoms. The van der Waals surface area contributed by atoms with Gasteiger partial charge in [0.15, 0.2) is 5.15 Å². The lowest BCUT2D eigenvalue weighted by molar-refractivity contribution is 0.597. The fraction of sp³-hybridized carbons (Fsp3) is 0.167. The molecule has 0 atom stereocenters. The molecule has 1 heterocycles. The van der Waals surface area contributed by atoms with Crippen LogP contribution in [0, 0.1) is 6.92 Å². The molecule has 0 aliphatic carbocycles. The molecule has 13 heavy (non-hydrogen) atoms. The summed E-state index contributed by atoms with van der Waals surface area (Å²) in [7, 11) is -3.83. The molecule has 1 aromatic heterocycles. The minimum absolute atomic E-state index is 0.134. The molecule has 72 valence electrons. The first kappa shape index (κ1) is 10.7. The molecule has 0 saturated carbocycles. The molecular formula is C6H6Cl2N2O2S. The molecule has 0 aromatic carbocycles. The van der Waals surface area contributed by atoms with Crippen molar-refractivity contribution in [1.82, 2.24) is 4.98 Å². The Morgan fingerprint density at radius 2 is 2.00 bits per heavy atom. The molecule has 0 saturated heterocycles. The van der Waals surface area contributed by atoms with Gasteiger partial charge in [-0.1, -0.05) is 23.2 Å². The molecule has 0 aliphatic heterocycles. The molecular weight excluding hydrogens is 235 g/mol. The maximum Gasteiger partial charge on any atom is 0.241 e. The zero-order chi connectivity index (χ0) is 10.2. The van der Waals surface area contributed by atoms with Gasteiger partial charge in [-0.15, -0.1) is 0 Å². The number of hydrogen-bond acceptors (Lipinski definition) is 3. The van der Waals surface area contributed by atoms with Crippen LogP contribution in [0.4, 0.5) is 0 Å². The minimum atomic E-state index is -3.83. The van der Waals surface area contributed by atoms with Crippen molar-refractivity contribution in [1.29, 1.82) is 0 Å². The Balaban J connectivity index is 3.57. The summed E-state index contributed by atoms with van der Waals surface area (Å²) in [6.07, 6.45) is 0. The van der Waals surface area contributed by atoms with Crippen molar-refractivity contribution in [2.24, 2.45) is 5.14 Å². The number of aryl methyl sites for hydroxylation is 1. The zero-order valence-electron chi connectivity index (χ0n) is 6.58. The van der Waals surface area contributed by atoms with Gasteiger partial charge in [-0.2, -0.15) is 0 Å². The molecule has 7 heteroatoms. The third kappa shape index (κ3) is 2.31. The number of nitrogens with zero attached hydrogens (tertiary/aromatic N) is 1. The third-order valence-electron chi connectivity index (χ3n) is 1.37. The second-order valence-corrected chi connectivity index (χ2v) is 4.67. The number of hydrogen-bond donors (Lipinski definition) is 1. The van der Waals surface area contributed by atoms with E-state index in [2.05, 4.69) is 4.98 Å². The van der Waals surface area contributed by atoms with Gasteiger partial charge in [0.1, 0.15) is 10.0 Å². The van der Waals surface area contributed by atoms with Gasteiger partial charge >= 0.3 is 0 Å². The standard InChI is InChI=1S/C6H6Cl2N2O2S/c1-3-2-4(7)10-6(8)5(3)13(9,11)12/h2H,1H3,(H2,9,11,12). The van der Waals surface area contributed by atoms with Crippen LogP contribution in [0.15, 0.2) is 11.0 Å². The maximum absolute atomic E-state index is 11.0. The molecule has 0 unspecified atom stereocenters. The van der Waals surface area contributed by atoms with Crippen LogP contribution < -0.4 is 5.14 Å². The van der Waals surface area contributed by atoms with E-state index in [1.807, 2.05) is 0 Å². The number of halogens is 2. The van der Waals surface area contributed by atoms with E-state index in [1.54, 1.807) is 6.92 Å². The van der Waals surface area contributed by atoms with E-state index in [0.717, 1.165) is 0 Å². The molecule has 4 nitrogen and oxygen atoms in total. The van der Waals surface area contributed by atoms with Crippen LogP contribution in [0.25, 0.3) is 0 Å². The summed E-state index contributed by atoms with van der Waals surface area (Å²) in [6.45, 7) is 1.54. The van der Waals surface area contributed by atoms with Gasteiger partial charge < -0.3 is 0 Å². The second-order valence-electron chi connectivity index (χ2n) is 2.43. The normalized spacial score (nSPS) is 11.7. The van der Waals surface area contributed by atoms with E-state index in [0.29, 0.717) is 5.56 Å². The second kappa shape index (κ2) is 3.42. The van der Waals surface area contributed by atoms with Gasteiger partial charge in [0, 0.05) is 0 Å². The highest BCUT2D eigenvalue weighted by atomic mass is 35.5. The van der Waals surface area contributed by atoms with E-state index in [4.69, 9.17) is 28.3 Å². The monoisotopic (exact) mass is 240 g/mol. The summed E-state index contributed by atoms with van der Waals surface area (Å²) in [5.41, 5.74) is 0.382. The van der Waals surface area contributed by atoms with Gasteiger partial charge in [-0.05, 0) is 18.6 Å². The summed E-state index contributed by atoms with van der Waals surface area (Å²) in [6, 6.07) is 1.38. The van der Waals surface area contributed by atoms with Crippen LogP contribution >= 0.6 is 23.2 Å². The van der Waals surface area contributed by atoms with Gasteiger partial charge in [-0.25, -0.2) is 18.5 Å². The molecule has 0 aliphatic rings. The average molecular weight is 241 g/mol. The van der Waals surface area contributed by atoms with Crippen molar-refractivity contribution in [3.05, 3.63) is 21.9 Å². The topological polar surface area (TPSA) is 73.0 Å². The van der Waals surface area contributed by atoms with Crippen LogP contribution in [-0.4, -0.2) is 13.4 Å². The predicted octanol–water partition coefficient (Wildman–Crippen LogP) is 1.34. The number of sulfonamides is 1. The Morgan fingerprint density at radius 1 is 1.46 bits per heavy atom. The summed E-state index contributed by atoms with van der Waals surface area (Å²) in [5, 5.41) is 4.85. The molecule has 0 radical (unpaired) electrons. The molecule has 1 rings (SSSR count). The summed E-state index contributed by atoms with van der Waals surface area (Å²) in [5.74, 6) is 0. The van der Waals surface area contributed by atoms with Gasteiger partial charge in [0.05, 0.1) is 0 Å². The largest absolute Gasteiger partial charge is 0.241 e. The van der Waals surface area contributed by atoms with Crippen molar-refractivity contribution in [2.45, 2.75) is 11.8 Å². The van der Waals surface area contributed by atoms with Crippen LogP contribution in [0.2, 0.25) is 10.3 Å². The van der Waals surface area contributed by atoms with Crippen LogP contribution in [0.3, 0.4) is 0 Å². The Bertz CT molecular complexity index is 421. The van der Waals surface area contributed by atoms with Crippen molar-refractivity contribution in [3.63, 3.8) is 0 Å². The summed E-state index contributed by atoms with van der Waals surface area (Å²) >= 11 is 11.1. The number of primary sulfonamides is 1. The van der Waals surface area contributed by atoms with E-state index in [9.17, 15) is 8.42 Å².